The first kappa shape index (κ1) is 21.9. The van der Waals surface area contributed by atoms with Gasteiger partial charge in [-0.2, -0.15) is 0 Å². The molecule has 2 amide bonds. The third kappa shape index (κ3) is 3.40. The van der Waals surface area contributed by atoms with Crippen molar-refractivity contribution in [2.24, 2.45) is 11.8 Å². The number of β-amino-alcohol motifs (C(OH)–C–C–N with tert-alkyl or cyclic N) is 1. The first-order chi connectivity index (χ1) is 13.8. The molecule has 3 fully saturated rings. The molecule has 0 aliphatic carbocycles. The van der Waals surface area contributed by atoms with Crippen LogP contribution in [0.3, 0.4) is 0 Å². The van der Waals surface area contributed by atoms with Crippen molar-refractivity contribution in [2.75, 3.05) is 26.3 Å². The summed E-state index contributed by atoms with van der Waals surface area (Å²) in [7, 11) is 0. The number of carbonyl (C=O) groups excluding carboxylic acids is 3. The van der Waals surface area contributed by atoms with Crippen molar-refractivity contribution in [3.05, 3.63) is 25.3 Å². The highest BCUT2D eigenvalue weighted by Crippen LogP contribution is 2.66. The number of ether oxygens (including phenoxy) is 1. The van der Waals surface area contributed by atoms with Gasteiger partial charge in [0.05, 0.1) is 23.2 Å². The van der Waals surface area contributed by atoms with Crippen LogP contribution in [0.5, 0.6) is 0 Å². The Morgan fingerprint density at radius 3 is 2.72 bits per heavy atom. The van der Waals surface area contributed by atoms with Gasteiger partial charge in [0.15, 0.2) is 0 Å². The second kappa shape index (κ2) is 8.52. The molecule has 160 valence electrons. The molecule has 0 aromatic carbocycles. The summed E-state index contributed by atoms with van der Waals surface area (Å²) in [5.41, 5.74) is 0. The van der Waals surface area contributed by atoms with Crippen LogP contribution in [0.15, 0.2) is 25.3 Å². The Bertz CT molecular complexity index is 711. The molecule has 2 unspecified atom stereocenters. The van der Waals surface area contributed by atoms with Crippen LogP contribution >= 0.6 is 11.8 Å². The molecule has 3 rings (SSSR count). The van der Waals surface area contributed by atoms with E-state index in [1.54, 1.807) is 22.7 Å². The molecule has 1 spiro atoms. The number of aliphatic hydroxyl groups is 1. The van der Waals surface area contributed by atoms with Crippen LogP contribution in [-0.4, -0.2) is 81.1 Å². The second-order valence-corrected chi connectivity index (χ2v) is 9.70. The molecule has 7 nitrogen and oxygen atoms in total. The largest absolute Gasteiger partial charge is 0.461 e. The van der Waals surface area contributed by atoms with Crippen LogP contribution in [0.4, 0.5) is 0 Å². The van der Waals surface area contributed by atoms with E-state index in [4.69, 9.17) is 4.74 Å². The molecule has 29 heavy (non-hydrogen) atoms. The Balaban J connectivity index is 2.00. The Morgan fingerprint density at radius 2 is 2.14 bits per heavy atom. The number of rotatable bonds is 9. The monoisotopic (exact) mass is 422 g/mol. The van der Waals surface area contributed by atoms with Gasteiger partial charge in [-0.3, -0.25) is 14.4 Å². The molecule has 5 atom stereocenters. The van der Waals surface area contributed by atoms with Gasteiger partial charge >= 0.3 is 5.97 Å². The van der Waals surface area contributed by atoms with Gasteiger partial charge in [0, 0.05) is 24.4 Å². The van der Waals surface area contributed by atoms with Gasteiger partial charge < -0.3 is 19.6 Å². The highest BCUT2D eigenvalue weighted by molar-refractivity contribution is 8.02. The van der Waals surface area contributed by atoms with E-state index in [2.05, 4.69) is 13.2 Å². The average molecular weight is 423 g/mol. The van der Waals surface area contributed by atoms with Crippen LogP contribution in [0, 0.1) is 11.8 Å². The minimum Gasteiger partial charge on any atom is -0.461 e. The first-order valence-corrected chi connectivity index (χ1v) is 11.0. The van der Waals surface area contributed by atoms with Gasteiger partial charge in [-0.1, -0.05) is 18.7 Å². The average Bonchev–Trinajstić information content (AvgIpc) is 3.32. The van der Waals surface area contributed by atoms with Crippen molar-refractivity contribution < 1.29 is 24.2 Å². The maximum Gasteiger partial charge on any atom is 0.311 e. The van der Waals surface area contributed by atoms with Crippen LogP contribution in [0.1, 0.15) is 26.7 Å². The summed E-state index contributed by atoms with van der Waals surface area (Å²) in [6.07, 6.45) is 4.64. The van der Waals surface area contributed by atoms with E-state index in [0.29, 0.717) is 13.0 Å². The summed E-state index contributed by atoms with van der Waals surface area (Å²) in [6.45, 7) is 11.5. The Hall–Kier alpha value is -1.80. The third-order valence-electron chi connectivity index (χ3n) is 6.22. The number of esters is 1. The molecule has 2 bridgehead atoms. The fourth-order valence-electron chi connectivity index (χ4n) is 5.14. The molecule has 3 saturated heterocycles. The smallest absolute Gasteiger partial charge is 0.311 e. The predicted molar refractivity (Wildman–Crippen MR) is 111 cm³/mol. The summed E-state index contributed by atoms with van der Waals surface area (Å²) in [6, 6.07) is -0.749. The van der Waals surface area contributed by atoms with Crippen LogP contribution in [-0.2, 0) is 19.1 Å². The SMILES string of the molecule is C=CCOC(=O)[C@@H]1[C@@H]2CCC3(S2)C(C(=O)N(CC=C)C(C)C)N(CCO)C(=O)[C@H]13. The summed E-state index contributed by atoms with van der Waals surface area (Å²) >= 11 is 1.59. The number of hydrogen-bond acceptors (Lipinski definition) is 6. The van der Waals surface area contributed by atoms with Gasteiger partial charge in [0.1, 0.15) is 12.6 Å². The normalized spacial score (nSPS) is 32.4. The van der Waals surface area contributed by atoms with E-state index in [0.717, 1.165) is 6.42 Å². The lowest BCUT2D eigenvalue weighted by molar-refractivity contribution is -0.153. The number of amides is 2. The van der Waals surface area contributed by atoms with Crippen molar-refractivity contribution in [2.45, 2.75) is 48.8 Å². The molecule has 3 heterocycles. The quantitative estimate of drug-likeness (QED) is 0.444. The number of fused-ring (bicyclic) bond motifs is 1. The van der Waals surface area contributed by atoms with Crippen LogP contribution in [0.2, 0.25) is 0 Å². The molecular formula is C21H30N2O5S. The van der Waals surface area contributed by atoms with Crippen molar-refractivity contribution >= 4 is 29.5 Å². The number of nitrogens with zero attached hydrogens (tertiary/aromatic N) is 2. The zero-order chi connectivity index (χ0) is 21.3. The van der Waals surface area contributed by atoms with Gasteiger partial charge in [-0.15, -0.1) is 18.3 Å². The zero-order valence-electron chi connectivity index (χ0n) is 17.1. The van der Waals surface area contributed by atoms with Gasteiger partial charge in [0.25, 0.3) is 0 Å². The fourth-order valence-corrected chi connectivity index (χ4v) is 7.34. The van der Waals surface area contributed by atoms with E-state index < -0.39 is 28.6 Å². The molecule has 0 aromatic heterocycles. The molecule has 3 aliphatic heterocycles. The minimum atomic E-state index is -0.693. The minimum absolute atomic E-state index is 0.0280. The Kier molecular flexibility index (Phi) is 6.43. The topological polar surface area (TPSA) is 87.2 Å². The number of thioether (sulfide) groups is 1. The highest BCUT2D eigenvalue weighted by Gasteiger charge is 2.74. The number of likely N-dealkylation sites (tertiary alicyclic amines) is 1. The van der Waals surface area contributed by atoms with Crippen molar-refractivity contribution in [1.29, 1.82) is 0 Å². The van der Waals surface area contributed by atoms with E-state index in [1.807, 2.05) is 13.8 Å². The van der Waals surface area contributed by atoms with Gasteiger partial charge in [-0.05, 0) is 26.7 Å². The molecule has 0 aromatic rings. The molecule has 8 heteroatoms. The Morgan fingerprint density at radius 1 is 1.41 bits per heavy atom. The lowest BCUT2D eigenvalue weighted by Crippen LogP contribution is -2.56. The van der Waals surface area contributed by atoms with Crippen LogP contribution < -0.4 is 0 Å². The van der Waals surface area contributed by atoms with E-state index in [1.165, 1.54) is 11.0 Å². The molecule has 0 radical (unpaired) electrons. The van der Waals surface area contributed by atoms with Crippen molar-refractivity contribution in [3.8, 4) is 0 Å². The maximum atomic E-state index is 13.6. The summed E-state index contributed by atoms with van der Waals surface area (Å²) < 4.78 is 4.64. The second-order valence-electron chi connectivity index (χ2n) is 8.10. The molecular weight excluding hydrogens is 392 g/mol. The van der Waals surface area contributed by atoms with Gasteiger partial charge in [0.2, 0.25) is 11.8 Å². The fraction of sp³-hybridized carbons (Fsp3) is 0.667. The van der Waals surface area contributed by atoms with Crippen molar-refractivity contribution in [3.63, 3.8) is 0 Å². The molecule has 0 saturated carbocycles. The zero-order valence-corrected chi connectivity index (χ0v) is 17.9. The third-order valence-corrected chi connectivity index (χ3v) is 8.17. The first-order valence-electron chi connectivity index (χ1n) is 10.1. The van der Waals surface area contributed by atoms with Crippen LogP contribution in [0.25, 0.3) is 0 Å². The lowest BCUT2D eigenvalue weighted by atomic mass is 9.71. The lowest BCUT2D eigenvalue weighted by Gasteiger charge is -2.38. The molecule has 1 N–H and O–H groups in total. The summed E-state index contributed by atoms with van der Waals surface area (Å²) in [5, 5.41) is 9.54. The maximum absolute atomic E-state index is 13.6. The predicted octanol–water partition coefficient (Wildman–Crippen LogP) is 1.22. The highest BCUT2D eigenvalue weighted by atomic mass is 32.2. The Labute approximate surface area is 176 Å². The number of hydrogen-bond donors (Lipinski definition) is 1. The standard InChI is InChI=1S/C21H30N2O5S/c1-5-9-22(13(3)4)19(26)17-21-8-7-14(29-21)15(20(27)28-12-6-2)16(21)18(25)23(17)10-11-24/h5-6,13-17,24H,1-2,7-12H2,3-4H3/t14-,15+,16-,17?,21?/m0/s1. The van der Waals surface area contributed by atoms with Crippen molar-refractivity contribution in [1.82, 2.24) is 9.80 Å². The van der Waals surface area contributed by atoms with E-state index in [-0.39, 0.29) is 42.9 Å². The number of carbonyl (C=O) groups is 3. The van der Waals surface area contributed by atoms with E-state index in [9.17, 15) is 19.5 Å². The summed E-state index contributed by atoms with van der Waals surface area (Å²) in [4.78, 5) is 43.0. The number of aliphatic hydroxyl groups excluding tert-OH is 1. The molecule has 3 aliphatic rings. The summed E-state index contributed by atoms with van der Waals surface area (Å²) in [5.74, 6) is -1.92. The van der Waals surface area contributed by atoms with Gasteiger partial charge in [-0.25, -0.2) is 0 Å². The van der Waals surface area contributed by atoms with E-state index >= 15 is 0 Å².